The molecule has 2 heteroatoms. The second-order valence-electron chi connectivity index (χ2n) is 4.07. The third-order valence-corrected chi connectivity index (χ3v) is 2.90. The first-order valence-electron chi connectivity index (χ1n) is 5.95. The highest BCUT2D eigenvalue weighted by Crippen LogP contribution is 2.14. The second-order valence-corrected chi connectivity index (χ2v) is 4.07. The lowest BCUT2D eigenvalue weighted by Crippen LogP contribution is -2.29. The molecular formula is C14H20N2. The van der Waals surface area contributed by atoms with Crippen molar-refractivity contribution < 1.29 is 0 Å². The topological polar surface area (TPSA) is 35.8 Å². The van der Waals surface area contributed by atoms with Crippen LogP contribution in [0.1, 0.15) is 44.4 Å². The average molecular weight is 216 g/mol. The molecule has 0 bridgehead atoms. The van der Waals surface area contributed by atoms with E-state index in [-0.39, 0.29) is 12.1 Å². The van der Waals surface area contributed by atoms with Crippen LogP contribution in [0, 0.1) is 11.3 Å². The van der Waals surface area contributed by atoms with E-state index in [1.165, 1.54) is 11.1 Å². The van der Waals surface area contributed by atoms with Crippen LogP contribution in [0.15, 0.2) is 24.3 Å². The van der Waals surface area contributed by atoms with Crippen LogP contribution in [0.2, 0.25) is 0 Å². The minimum absolute atomic E-state index is 0.0548. The third-order valence-electron chi connectivity index (χ3n) is 2.90. The molecule has 1 N–H and O–H groups in total. The Morgan fingerprint density at radius 3 is 2.31 bits per heavy atom. The first-order valence-corrected chi connectivity index (χ1v) is 5.95. The summed E-state index contributed by atoms with van der Waals surface area (Å²) in [5.41, 5.74) is 2.59. The molecule has 16 heavy (non-hydrogen) atoms. The van der Waals surface area contributed by atoms with Crippen LogP contribution >= 0.6 is 0 Å². The molecule has 0 aliphatic rings. The number of aryl methyl sites for hydroxylation is 1. The lowest BCUT2D eigenvalue weighted by atomic mass is 10.0. The number of nitrogens with one attached hydrogen (secondary N) is 1. The molecule has 0 aliphatic carbocycles. The maximum Gasteiger partial charge on any atom is 0.0954 e. The summed E-state index contributed by atoms with van der Waals surface area (Å²) in [5.74, 6) is 0. The number of rotatable bonds is 5. The van der Waals surface area contributed by atoms with Gasteiger partial charge in [-0.25, -0.2) is 0 Å². The molecule has 0 aliphatic heterocycles. The summed E-state index contributed by atoms with van der Waals surface area (Å²) in [6.07, 6.45) is 1.91. The molecule has 2 nitrogen and oxygen atoms in total. The summed E-state index contributed by atoms with van der Waals surface area (Å²) in [6, 6.07) is 11.0. The molecule has 0 fully saturated rings. The molecule has 0 aromatic heterocycles. The summed E-state index contributed by atoms with van der Waals surface area (Å²) in [6.45, 7) is 6.27. The second kappa shape index (κ2) is 6.30. The monoisotopic (exact) mass is 216 g/mol. The molecule has 1 aromatic rings. The molecule has 2 atom stereocenters. The molecule has 86 valence electrons. The van der Waals surface area contributed by atoms with Gasteiger partial charge in [0.05, 0.1) is 12.1 Å². The van der Waals surface area contributed by atoms with E-state index in [4.69, 9.17) is 5.26 Å². The normalized spacial score (nSPS) is 14.1. The van der Waals surface area contributed by atoms with Crippen molar-refractivity contribution in [1.29, 1.82) is 5.26 Å². The molecule has 1 rings (SSSR count). The molecule has 0 spiro atoms. The molecule has 1 aromatic carbocycles. The van der Waals surface area contributed by atoms with Crippen molar-refractivity contribution in [2.24, 2.45) is 0 Å². The van der Waals surface area contributed by atoms with Gasteiger partial charge in [0.1, 0.15) is 0 Å². The van der Waals surface area contributed by atoms with Crippen LogP contribution < -0.4 is 5.32 Å². The van der Waals surface area contributed by atoms with Gasteiger partial charge in [-0.1, -0.05) is 38.1 Å². The number of hydrogen-bond donors (Lipinski definition) is 1. The van der Waals surface area contributed by atoms with Crippen molar-refractivity contribution in [2.75, 3.05) is 0 Å². The van der Waals surface area contributed by atoms with Crippen molar-refractivity contribution in [3.05, 3.63) is 35.4 Å². The van der Waals surface area contributed by atoms with Gasteiger partial charge < -0.3 is 0 Å². The van der Waals surface area contributed by atoms with Crippen LogP contribution in [-0.4, -0.2) is 6.04 Å². The van der Waals surface area contributed by atoms with Gasteiger partial charge >= 0.3 is 0 Å². The Kier molecular flexibility index (Phi) is 5.01. The number of hydrogen-bond acceptors (Lipinski definition) is 2. The van der Waals surface area contributed by atoms with E-state index in [2.05, 4.69) is 49.5 Å². The highest BCUT2D eigenvalue weighted by atomic mass is 14.9. The highest BCUT2D eigenvalue weighted by molar-refractivity contribution is 5.24. The Morgan fingerprint density at radius 1 is 1.25 bits per heavy atom. The van der Waals surface area contributed by atoms with E-state index in [1.807, 2.05) is 6.92 Å². The van der Waals surface area contributed by atoms with Gasteiger partial charge in [0.25, 0.3) is 0 Å². The van der Waals surface area contributed by atoms with Crippen LogP contribution in [-0.2, 0) is 6.42 Å². The zero-order chi connectivity index (χ0) is 12.0. The summed E-state index contributed by atoms with van der Waals surface area (Å²) in [5, 5.41) is 12.2. The Hall–Kier alpha value is -1.33. The first kappa shape index (κ1) is 12.7. The maximum atomic E-state index is 8.89. The van der Waals surface area contributed by atoms with Crippen molar-refractivity contribution in [2.45, 2.75) is 45.7 Å². The predicted octanol–water partition coefficient (Wildman–Crippen LogP) is 3.20. The fourth-order valence-electron chi connectivity index (χ4n) is 1.69. The molecule has 0 radical (unpaired) electrons. The first-order chi connectivity index (χ1) is 7.71. The van der Waals surface area contributed by atoms with Crippen molar-refractivity contribution >= 4 is 0 Å². The van der Waals surface area contributed by atoms with Gasteiger partial charge in [0.2, 0.25) is 0 Å². The largest absolute Gasteiger partial charge is 0.295 e. The van der Waals surface area contributed by atoms with E-state index >= 15 is 0 Å². The zero-order valence-electron chi connectivity index (χ0n) is 10.3. The van der Waals surface area contributed by atoms with E-state index in [0.29, 0.717) is 0 Å². The lowest BCUT2D eigenvalue weighted by Gasteiger charge is -2.17. The van der Waals surface area contributed by atoms with Gasteiger partial charge in [0, 0.05) is 6.04 Å². The van der Waals surface area contributed by atoms with Crippen molar-refractivity contribution in [3.63, 3.8) is 0 Å². The number of nitriles is 1. The van der Waals surface area contributed by atoms with Gasteiger partial charge in [0.15, 0.2) is 0 Å². The number of benzene rings is 1. The van der Waals surface area contributed by atoms with E-state index < -0.39 is 0 Å². The van der Waals surface area contributed by atoms with Gasteiger partial charge in [-0.15, -0.1) is 0 Å². The van der Waals surface area contributed by atoms with E-state index in [9.17, 15) is 0 Å². The molecule has 2 unspecified atom stereocenters. The quantitative estimate of drug-likeness (QED) is 0.820. The summed E-state index contributed by atoms with van der Waals surface area (Å²) in [7, 11) is 0. The fourth-order valence-corrected chi connectivity index (χ4v) is 1.69. The zero-order valence-corrected chi connectivity index (χ0v) is 10.3. The third kappa shape index (κ3) is 3.36. The Bertz CT molecular complexity index is 348. The smallest absolute Gasteiger partial charge is 0.0954 e. The Balaban J connectivity index is 2.65. The van der Waals surface area contributed by atoms with Crippen molar-refractivity contribution in [1.82, 2.24) is 5.32 Å². The fraction of sp³-hybridized carbons (Fsp3) is 0.500. The lowest BCUT2D eigenvalue weighted by molar-refractivity contribution is 0.508. The standard InChI is InChI=1S/C14H20N2/c1-4-12-6-8-13(9-7-12)11(3)16-14(5-2)10-15/h6-9,11,14,16H,4-5H2,1-3H3. The Labute approximate surface area is 98.3 Å². The maximum absolute atomic E-state index is 8.89. The van der Waals surface area contributed by atoms with E-state index in [0.717, 1.165) is 12.8 Å². The Morgan fingerprint density at radius 2 is 1.88 bits per heavy atom. The molecule has 0 saturated heterocycles. The minimum atomic E-state index is -0.0548. The number of nitrogens with zero attached hydrogens (tertiary/aromatic N) is 1. The molecule has 0 saturated carbocycles. The molecule has 0 amide bonds. The summed E-state index contributed by atoms with van der Waals surface area (Å²) >= 11 is 0. The van der Waals surface area contributed by atoms with Crippen molar-refractivity contribution in [3.8, 4) is 6.07 Å². The van der Waals surface area contributed by atoms with Gasteiger partial charge in [-0.3, -0.25) is 5.32 Å². The average Bonchev–Trinajstić information content (AvgIpc) is 2.35. The van der Waals surface area contributed by atoms with Crippen LogP contribution in [0.3, 0.4) is 0 Å². The van der Waals surface area contributed by atoms with E-state index in [1.54, 1.807) is 0 Å². The minimum Gasteiger partial charge on any atom is -0.295 e. The van der Waals surface area contributed by atoms with Crippen LogP contribution in [0.25, 0.3) is 0 Å². The molecule has 0 heterocycles. The molecular weight excluding hydrogens is 196 g/mol. The van der Waals surface area contributed by atoms with Crippen LogP contribution in [0.5, 0.6) is 0 Å². The summed E-state index contributed by atoms with van der Waals surface area (Å²) in [4.78, 5) is 0. The highest BCUT2D eigenvalue weighted by Gasteiger charge is 2.10. The SMILES string of the molecule is CCc1ccc(C(C)NC(C#N)CC)cc1. The van der Waals surface area contributed by atoms with Gasteiger partial charge in [-0.2, -0.15) is 5.26 Å². The van der Waals surface area contributed by atoms with Crippen LogP contribution in [0.4, 0.5) is 0 Å². The van der Waals surface area contributed by atoms with Gasteiger partial charge in [-0.05, 0) is 30.9 Å². The predicted molar refractivity (Wildman–Crippen MR) is 67.1 cm³/mol. The summed E-state index contributed by atoms with van der Waals surface area (Å²) < 4.78 is 0.